The van der Waals surface area contributed by atoms with E-state index in [1.165, 1.54) is 24.4 Å². The lowest BCUT2D eigenvalue weighted by Crippen LogP contribution is -2.18. The van der Waals surface area contributed by atoms with Crippen LogP contribution < -0.4 is 10.2 Å². The second-order valence-corrected chi connectivity index (χ2v) is 4.65. The van der Waals surface area contributed by atoms with Crippen molar-refractivity contribution in [3.05, 3.63) is 69.8 Å². The molecule has 0 aliphatic heterocycles. The summed E-state index contributed by atoms with van der Waals surface area (Å²) in [6.07, 6.45) is 0.564. The van der Waals surface area contributed by atoms with Gasteiger partial charge in [0.15, 0.2) is 0 Å². The molecule has 0 spiro atoms. The maximum Gasteiger partial charge on any atom is 0.428 e. The second kappa shape index (κ2) is 8.28. The first-order chi connectivity index (χ1) is 11.6. The predicted octanol–water partition coefficient (Wildman–Crippen LogP) is 2.86. The summed E-state index contributed by atoms with van der Waals surface area (Å²) >= 11 is 0. The smallest absolute Gasteiger partial charge is 0.428 e. The lowest BCUT2D eigenvalue weighted by molar-refractivity contribution is -0.384. The van der Waals surface area contributed by atoms with Gasteiger partial charge in [-0.25, -0.2) is 10.2 Å². The average Bonchev–Trinajstić information content (AvgIpc) is 2.60. The van der Waals surface area contributed by atoms with Gasteiger partial charge in [-0.05, 0) is 17.7 Å². The van der Waals surface area contributed by atoms with Crippen molar-refractivity contribution >= 4 is 18.0 Å². The van der Waals surface area contributed by atoms with Gasteiger partial charge in [-0.1, -0.05) is 24.3 Å². The molecule has 2 aromatic rings. The number of rotatable bonds is 6. The zero-order valence-corrected chi connectivity index (χ0v) is 12.8. The van der Waals surface area contributed by atoms with Crippen LogP contribution in [0.2, 0.25) is 0 Å². The number of hydrazone groups is 1. The van der Waals surface area contributed by atoms with Crippen molar-refractivity contribution in [2.45, 2.75) is 6.61 Å². The molecular weight excluding hydrogens is 314 g/mol. The van der Waals surface area contributed by atoms with Gasteiger partial charge in [-0.15, -0.1) is 0 Å². The maximum absolute atomic E-state index is 11.5. The van der Waals surface area contributed by atoms with Crippen LogP contribution in [-0.4, -0.2) is 24.3 Å². The second-order valence-electron chi connectivity index (χ2n) is 4.65. The van der Waals surface area contributed by atoms with Crippen LogP contribution in [0.25, 0.3) is 0 Å². The quantitative estimate of drug-likeness (QED) is 0.498. The van der Waals surface area contributed by atoms with Crippen molar-refractivity contribution in [1.82, 2.24) is 5.43 Å². The van der Waals surface area contributed by atoms with E-state index in [2.05, 4.69) is 10.5 Å². The van der Waals surface area contributed by atoms with Gasteiger partial charge < -0.3 is 9.47 Å². The van der Waals surface area contributed by atoms with Crippen molar-refractivity contribution in [2.24, 2.45) is 5.10 Å². The van der Waals surface area contributed by atoms with E-state index in [9.17, 15) is 14.9 Å². The standard InChI is InChI=1S/C16H15N3O5/c1-23-15-7-5-12(6-8-15)11-24-16(20)18-17-10-13-3-2-4-14(9-13)19(21)22/h2-10H,11H2,1H3,(H,18,20)/b17-10+. The van der Waals surface area contributed by atoms with Crippen molar-refractivity contribution < 1.29 is 19.2 Å². The molecule has 8 heteroatoms. The highest BCUT2D eigenvalue weighted by atomic mass is 16.6. The Hall–Kier alpha value is -3.42. The van der Waals surface area contributed by atoms with Gasteiger partial charge in [-0.2, -0.15) is 5.10 Å². The number of carbonyl (C=O) groups excluding carboxylic acids is 1. The molecule has 0 bridgehead atoms. The van der Waals surface area contributed by atoms with Gasteiger partial charge in [0.2, 0.25) is 0 Å². The third-order valence-corrected chi connectivity index (χ3v) is 2.98. The number of nitro groups is 1. The normalized spacial score (nSPS) is 10.4. The topological polar surface area (TPSA) is 103 Å². The molecule has 0 atom stereocenters. The Kier molecular flexibility index (Phi) is 5.84. The van der Waals surface area contributed by atoms with Gasteiger partial charge in [0.05, 0.1) is 18.2 Å². The van der Waals surface area contributed by atoms with Gasteiger partial charge in [-0.3, -0.25) is 10.1 Å². The molecule has 0 fully saturated rings. The van der Waals surface area contributed by atoms with E-state index in [0.29, 0.717) is 11.3 Å². The molecule has 0 aliphatic carbocycles. The first-order valence-corrected chi connectivity index (χ1v) is 6.91. The fourth-order valence-corrected chi connectivity index (χ4v) is 1.78. The Labute approximate surface area is 137 Å². The average molecular weight is 329 g/mol. The summed E-state index contributed by atoms with van der Waals surface area (Å²) in [4.78, 5) is 21.7. The summed E-state index contributed by atoms with van der Waals surface area (Å²) < 4.78 is 10.0. The Bertz CT molecular complexity index is 744. The number of hydrogen-bond donors (Lipinski definition) is 1. The molecular formula is C16H15N3O5. The first kappa shape index (κ1) is 16.9. The summed E-state index contributed by atoms with van der Waals surface area (Å²) in [5.41, 5.74) is 3.42. The van der Waals surface area contributed by atoms with Crippen molar-refractivity contribution in [2.75, 3.05) is 7.11 Å². The van der Waals surface area contributed by atoms with Crippen LogP contribution in [0.4, 0.5) is 10.5 Å². The monoisotopic (exact) mass is 329 g/mol. The molecule has 0 radical (unpaired) electrons. The van der Waals surface area contributed by atoms with E-state index in [0.717, 1.165) is 5.56 Å². The number of nitrogens with zero attached hydrogens (tertiary/aromatic N) is 2. The molecule has 2 aromatic carbocycles. The number of hydrogen-bond acceptors (Lipinski definition) is 6. The number of ether oxygens (including phenoxy) is 2. The molecule has 0 saturated heterocycles. The van der Waals surface area contributed by atoms with Crippen LogP contribution in [0.5, 0.6) is 5.75 Å². The van der Waals surface area contributed by atoms with Crippen molar-refractivity contribution in [1.29, 1.82) is 0 Å². The van der Waals surface area contributed by atoms with Gasteiger partial charge in [0.1, 0.15) is 12.4 Å². The van der Waals surface area contributed by atoms with Crippen molar-refractivity contribution in [3.8, 4) is 5.75 Å². The molecule has 2 rings (SSSR count). The maximum atomic E-state index is 11.5. The van der Waals surface area contributed by atoms with Gasteiger partial charge >= 0.3 is 6.09 Å². The Morgan fingerprint density at radius 1 is 1.29 bits per heavy atom. The number of non-ortho nitro benzene ring substituents is 1. The minimum absolute atomic E-state index is 0.0546. The van der Waals surface area contributed by atoms with Crippen molar-refractivity contribution in [3.63, 3.8) is 0 Å². The van der Waals surface area contributed by atoms with Gasteiger partial charge in [0, 0.05) is 17.7 Å². The highest BCUT2D eigenvalue weighted by Crippen LogP contribution is 2.12. The molecule has 0 saturated carbocycles. The highest BCUT2D eigenvalue weighted by molar-refractivity contribution is 5.81. The molecule has 0 heterocycles. The minimum atomic E-state index is -0.729. The Morgan fingerprint density at radius 3 is 2.71 bits per heavy atom. The third-order valence-electron chi connectivity index (χ3n) is 2.98. The Balaban J connectivity index is 1.81. The molecule has 0 aromatic heterocycles. The molecule has 1 amide bonds. The summed E-state index contributed by atoms with van der Waals surface area (Å²) in [7, 11) is 1.57. The number of benzene rings is 2. The molecule has 0 aliphatic rings. The predicted molar refractivity (Wildman–Crippen MR) is 87.0 cm³/mol. The lowest BCUT2D eigenvalue weighted by Gasteiger charge is -2.05. The molecule has 0 unspecified atom stereocenters. The number of amides is 1. The number of carbonyl (C=O) groups is 1. The number of nitro benzene ring substituents is 1. The Morgan fingerprint density at radius 2 is 2.04 bits per heavy atom. The zero-order chi connectivity index (χ0) is 17.4. The van der Waals surface area contributed by atoms with Crippen LogP contribution in [0.1, 0.15) is 11.1 Å². The highest BCUT2D eigenvalue weighted by Gasteiger charge is 2.04. The molecule has 1 N–H and O–H groups in total. The summed E-state index contributed by atoms with van der Waals surface area (Å²) in [5.74, 6) is 0.713. The van der Waals surface area contributed by atoms with E-state index < -0.39 is 11.0 Å². The lowest BCUT2D eigenvalue weighted by atomic mass is 10.2. The SMILES string of the molecule is COc1ccc(COC(=O)N/N=C/c2cccc([N+](=O)[O-])c2)cc1. The van der Waals surface area contributed by atoms with Crippen LogP contribution in [0.3, 0.4) is 0 Å². The fraction of sp³-hybridized carbons (Fsp3) is 0.125. The summed E-state index contributed by atoms with van der Waals surface area (Å²) in [5, 5.41) is 14.3. The summed E-state index contributed by atoms with van der Waals surface area (Å²) in [6, 6.07) is 12.9. The van der Waals surface area contributed by atoms with Crippen LogP contribution >= 0.6 is 0 Å². The van der Waals surface area contributed by atoms with E-state index in [1.807, 2.05) is 0 Å². The number of methoxy groups -OCH3 is 1. The van der Waals surface area contributed by atoms with Crippen LogP contribution in [0, 0.1) is 10.1 Å². The zero-order valence-electron chi connectivity index (χ0n) is 12.8. The largest absolute Gasteiger partial charge is 0.497 e. The third kappa shape index (κ3) is 5.09. The first-order valence-electron chi connectivity index (χ1n) is 6.91. The molecule has 124 valence electrons. The van der Waals surface area contributed by atoms with E-state index >= 15 is 0 Å². The number of nitrogens with one attached hydrogen (secondary N) is 1. The molecule has 8 nitrogen and oxygen atoms in total. The van der Waals surface area contributed by atoms with E-state index in [-0.39, 0.29) is 12.3 Å². The van der Waals surface area contributed by atoms with Crippen LogP contribution in [-0.2, 0) is 11.3 Å². The fourth-order valence-electron chi connectivity index (χ4n) is 1.78. The minimum Gasteiger partial charge on any atom is -0.497 e. The van der Waals surface area contributed by atoms with E-state index in [1.54, 1.807) is 37.4 Å². The molecule has 24 heavy (non-hydrogen) atoms. The van der Waals surface area contributed by atoms with Crippen LogP contribution in [0.15, 0.2) is 53.6 Å². The van der Waals surface area contributed by atoms with E-state index in [4.69, 9.17) is 9.47 Å². The van der Waals surface area contributed by atoms with Gasteiger partial charge in [0.25, 0.3) is 5.69 Å². The summed E-state index contributed by atoms with van der Waals surface area (Å²) in [6.45, 7) is 0.0855.